The topological polar surface area (TPSA) is 100 Å². The van der Waals surface area contributed by atoms with Gasteiger partial charge in [0.15, 0.2) is 5.13 Å². The largest absolute Gasteiger partial charge is 0.321 e. The normalized spacial score (nSPS) is 11.8. The number of halogens is 1. The SMILES string of the molecule is O=C(Nc1ccc(SC(C(=O)Nc2nc(-c3cccs3)cs2)c2ccccc2)cc1)/C(=C/c1ccc(Br)cc1)NC(=O)c1ccccc1. The number of thiazole rings is 1. The van der Waals surface area contributed by atoms with Crippen molar-refractivity contribution in [3.05, 3.63) is 159 Å². The van der Waals surface area contributed by atoms with E-state index in [9.17, 15) is 14.4 Å². The van der Waals surface area contributed by atoms with Crippen LogP contribution < -0.4 is 16.0 Å². The van der Waals surface area contributed by atoms with Crippen molar-refractivity contribution in [2.45, 2.75) is 10.1 Å². The van der Waals surface area contributed by atoms with E-state index in [0.29, 0.717) is 16.4 Å². The van der Waals surface area contributed by atoms with Crippen LogP contribution in [0, 0.1) is 0 Å². The van der Waals surface area contributed by atoms with E-state index in [2.05, 4.69) is 36.9 Å². The summed E-state index contributed by atoms with van der Waals surface area (Å²) in [6, 6.07) is 36.9. The first-order valence-corrected chi connectivity index (χ1v) is 18.1. The second-order valence-corrected chi connectivity index (χ2v) is 14.2. The maximum atomic E-state index is 13.6. The summed E-state index contributed by atoms with van der Waals surface area (Å²) in [7, 11) is 0. The molecule has 48 heavy (non-hydrogen) atoms. The third-order valence-corrected chi connectivity index (χ3v) is 10.4. The van der Waals surface area contributed by atoms with Crippen LogP contribution in [-0.2, 0) is 9.59 Å². The van der Waals surface area contributed by atoms with Gasteiger partial charge in [0.25, 0.3) is 11.8 Å². The van der Waals surface area contributed by atoms with Crippen LogP contribution in [0.25, 0.3) is 16.6 Å². The molecule has 7 nitrogen and oxygen atoms in total. The fourth-order valence-corrected chi connectivity index (χ4v) is 7.32. The molecular weight excluding hydrogens is 725 g/mol. The predicted molar refractivity (Wildman–Crippen MR) is 200 cm³/mol. The van der Waals surface area contributed by atoms with E-state index in [4.69, 9.17) is 0 Å². The number of hydrogen-bond acceptors (Lipinski definition) is 7. The molecule has 1 atom stereocenters. The second kappa shape index (κ2) is 15.9. The summed E-state index contributed by atoms with van der Waals surface area (Å²) in [5.41, 5.74) is 3.49. The van der Waals surface area contributed by atoms with Crippen LogP contribution in [0.3, 0.4) is 0 Å². The number of aromatic nitrogens is 1. The third-order valence-electron chi connectivity index (χ3n) is 6.92. The lowest BCUT2D eigenvalue weighted by Gasteiger charge is -2.17. The van der Waals surface area contributed by atoms with Gasteiger partial charge >= 0.3 is 0 Å². The van der Waals surface area contributed by atoms with Gasteiger partial charge in [0.2, 0.25) is 5.91 Å². The number of benzene rings is 4. The average molecular weight is 752 g/mol. The number of anilines is 2. The van der Waals surface area contributed by atoms with Crippen molar-refractivity contribution in [1.29, 1.82) is 0 Å². The molecule has 6 rings (SSSR count). The van der Waals surface area contributed by atoms with E-state index < -0.39 is 17.1 Å². The van der Waals surface area contributed by atoms with Crippen molar-refractivity contribution in [1.82, 2.24) is 10.3 Å². The zero-order chi connectivity index (χ0) is 33.3. The minimum atomic E-state index is -0.547. The highest BCUT2D eigenvalue weighted by Gasteiger charge is 2.24. The Hall–Kier alpha value is -4.81. The predicted octanol–water partition coefficient (Wildman–Crippen LogP) is 9.52. The van der Waals surface area contributed by atoms with Gasteiger partial charge in [-0.25, -0.2) is 4.98 Å². The summed E-state index contributed by atoms with van der Waals surface area (Å²) >= 11 is 7.81. The highest BCUT2D eigenvalue weighted by molar-refractivity contribution is 9.10. The number of nitrogens with zero attached hydrogens (tertiary/aromatic N) is 1. The first-order chi connectivity index (χ1) is 23.4. The number of thioether (sulfide) groups is 1. The fourth-order valence-electron chi connectivity index (χ4n) is 4.56. The van der Waals surface area contributed by atoms with Gasteiger partial charge in [0.05, 0.1) is 10.6 Å². The van der Waals surface area contributed by atoms with E-state index in [0.717, 1.165) is 31.1 Å². The molecule has 1 unspecified atom stereocenters. The summed E-state index contributed by atoms with van der Waals surface area (Å²) in [5.74, 6) is -1.06. The smallest absolute Gasteiger partial charge is 0.272 e. The van der Waals surface area contributed by atoms with Crippen molar-refractivity contribution >= 4 is 85.0 Å². The number of carbonyl (C=O) groups is 3. The monoisotopic (exact) mass is 750 g/mol. The molecule has 0 spiro atoms. The Bertz CT molecular complexity index is 2030. The van der Waals surface area contributed by atoms with Crippen LogP contribution in [0.15, 0.2) is 147 Å². The number of amides is 3. The quantitative estimate of drug-likeness (QED) is 0.0905. The highest BCUT2D eigenvalue weighted by Crippen LogP contribution is 2.37. The second-order valence-electron chi connectivity index (χ2n) is 10.3. The zero-order valence-electron chi connectivity index (χ0n) is 25.1. The molecule has 0 radical (unpaired) electrons. The molecule has 0 aliphatic heterocycles. The van der Waals surface area contributed by atoms with Gasteiger partial charge in [-0.1, -0.05) is 82.7 Å². The summed E-state index contributed by atoms with van der Waals surface area (Å²) in [4.78, 5) is 46.5. The molecule has 6 aromatic rings. The molecule has 0 saturated heterocycles. The van der Waals surface area contributed by atoms with Crippen LogP contribution in [-0.4, -0.2) is 22.7 Å². The van der Waals surface area contributed by atoms with E-state index in [-0.39, 0.29) is 11.6 Å². The van der Waals surface area contributed by atoms with Gasteiger partial charge < -0.3 is 16.0 Å². The number of thiophene rings is 1. The van der Waals surface area contributed by atoms with Crippen LogP contribution in [0.1, 0.15) is 26.7 Å². The number of hydrogen-bond donors (Lipinski definition) is 3. The Balaban J connectivity index is 1.17. The van der Waals surface area contributed by atoms with Crippen molar-refractivity contribution < 1.29 is 14.4 Å². The minimum absolute atomic E-state index is 0.0925. The molecule has 0 fully saturated rings. The first-order valence-electron chi connectivity index (χ1n) is 14.7. The Morgan fingerprint density at radius 1 is 0.771 bits per heavy atom. The highest BCUT2D eigenvalue weighted by atomic mass is 79.9. The maximum absolute atomic E-state index is 13.6. The number of rotatable bonds is 11. The van der Waals surface area contributed by atoms with Gasteiger partial charge in [-0.15, -0.1) is 34.4 Å². The summed E-state index contributed by atoms with van der Waals surface area (Å²) in [5, 5.41) is 12.6. The van der Waals surface area contributed by atoms with Crippen molar-refractivity contribution in [3.63, 3.8) is 0 Å². The average Bonchev–Trinajstić information content (AvgIpc) is 3.82. The summed E-state index contributed by atoms with van der Waals surface area (Å²) in [6.07, 6.45) is 1.63. The Kier molecular flexibility index (Phi) is 10.9. The molecule has 0 bridgehead atoms. The molecule has 11 heteroatoms. The maximum Gasteiger partial charge on any atom is 0.272 e. The molecule has 2 heterocycles. The molecule has 3 amide bonds. The summed E-state index contributed by atoms with van der Waals surface area (Å²) in [6.45, 7) is 0. The van der Waals surface area contributed by atoms with Gasteiger partial charge in [0, 0.05) is 26.0 Å². The standard InChI is InChI=1S/C37H27BrN4O3S3/c38-27-15-13-24(14-16-27)22-30(40-34(43)26-10-5-2-6-11-26)35(44)39-28-17-19-29(20-18-28)48-33(25-8-3-1-4-9-25)36(45)42-37-41-31(23-47-37)32-12-7-21-46-32/h1-23,33H,(H,39,44)(H,40,43)(H,41,42,45)/b30-22-. The van der Waals surface area contributed by atoms with Gasteiger partial charge in [-0.05, 0) is 77.2 Å². The van der Waals surface area contributed by atoms with E-state index in [1.807, 2.05) is 95.7 Å². The van der Waals surface area contributed by atoms with Gasteiger partial charge in [-0.2, -0.15) is 0 Å². The van der Waals surface area contributed by atoms with Crippen molar-refractivity contribution in [2.75, 3.05) is 10.6 Å². The van der Waals surface area contributed by atoms with Crippen LogP contribution >= 0.6 is 50.4 Å². The number of carbonyl (C=O) groups excluding carboxylic acids is 3. The minimum Gasteiger partial charge on any atom is -0.321 e. The molecule has 238 valence electrons. The Labute approximate surface area is 298 Å². The Morgan fingerprint density at radius 3 is 2.17 bits per heavy atom. The molecular formula is C37H27BrN4O3S3. The van der Waals surface area contributed by atoms with Crippen molar-refractivity contribution in [2.24, 2.45) is 0 Å². The van der Waals surface area contributed by atoms with Gasteiger partial charge in [-0.3, -0.25) is 14.4 Å². The van der Waals surface area contributed by atoms with Crippen LogP contribution in [0.4, 0.5) is 10.8 Å². The molecule has 2 aromatic heterocycles. The molecule has 0 saturated carbocycles. The van der Waals surface area contributed by atoms with Crippen LogP contribution in [0.5, 0.6) is 0 Å². The lowest BCUT2D eigenvalue weighted by atomic mass is 10.1. The molecule has 3 N–H and O–H groups in total. The van der Waals surface area contributed by atoms with Crippen LogP contribution in [0.2, 0.25) is 0 Å². The van der Waals surface area contributed by atoms with E-state index in [1.54, 1.807) is 53.8 Å². The third kappa shape index (κ3) is 8.75. The van der Waals surface area contributed by atoms with E-state index >= 15 is 0 Å². The molecule has 0 aliphatic rings. The lowest BCUT2D eigenvalue weighted by molar-refractivity contribution is -0.116. The number of nitrogens with one attached hydrogen (secondary N) is 3. The molecule has 4 aromatic carbocycles. The zero-order valence-corrected chi connectivity index (χ0v) is 29.2. The van der Waals surface area contributed by atoms with E-state index in [1.165, 1.54) is 23.1 Å². The fraction of sp³-hybridized carbons (Fsp3) is 0.0270. The van der Waals surface area contributed by atoms with Gasteiger partial charge in [0.1, 0.15) is 10.9 Å². The van der Waals surface area contributed by atoms with Crippen molar-refractivity contribution in [3.8, 4) is 10.6 Å². The molecule has 0 aliphatic carbocycles. The Morgan fingerprint density at radius 2 is 1.48 bits per heavy atom. The summed E-state index contributed by atoms with van der Waals surface area (Å²) < 4.78 is 0.899. The first kappa shape index (κ1) is 33.1. The lowest BCUT2D eigenvalue weighted by Crippen LogP contribution is -2.30.